The van der Waals surface area contributed by atoms with E-state index in [4.69, 9.17) is 0 Å². The number of benzene rings is 1. The van der Waals surface area contributed by atoms with Crippen molar-refractivity contribution >= 4 is 33.9 Å². The van der Waals surface area contributed by atoms with Gasteiger partial charge < -0.3 is 14.0 Å². The van der Waals surface area contributed by atoms with E-state index in [-0.39, 0.29) is 6.04 Å². The predicted molar refractivity (Wildman–Crippen MR) is 128 cm³/mol. The summed E-state index contributed by atoms with van der Waals surface area (Å²) >= 11 is -0.959. The van der Waals surface area contributed by atoms with Crippen molar-refractivity contribution in [3.8, 4) is 6.07 Å². The van der Waals surface area contributed by atoms with Gasteiger partial charge in [0.1, 0.15) is 23.6 Å². The van der Waals surface area contributed by atoms with E-state index in [1.54, 1.807) is 18.8 Å². The molecule has 0 radical (unpaired) electrons. The van der Waals surface area contributed by atoms with E-state index in [1.165, 1.54) is 5.56 Å². The lowest BCUT2D eigenvalue weighted by Crippen LogP contribution is -2.49. The summed E-state index contributed by atoms with van der Waals surface area (Å²) in [6.07, 6.45) is 6.15. The summed E-state index contributed by atoms with van der Waals surface area (Å²) in [6.45, 7) is 5.02. The first kappa shape index (κ1) is 22.6. The van der Waals surface area contributed by atoms with Crippen molar-refractivity contribution in [3.05, 3.63) is 47.9 Å². The molecule has 2 atom stereocenters. The molecule has 9 heteroatoms. The maximum absolute atomic E-state index is 11.7. The van der Waals surface area contributed by atoms with Crippen LogP contribution in [0.1, 0.15) is 24.1 Å². The number of hydrogen-bond donors (Lipinski definition) is 0. The van der Waals surface area contributed by atoms with Gasteiger partial charge >= 0.3 is 0 Å². The molecule has 1 aliphatic heterocycles. The van der Waals surface area contributed by atoms with E-state index >= 15 is 0 Å². The average molecular weight is 452 g/mol. The monoisotopic (exact) mass is 451 g/mol. The lowest BCUT2D eigenvalue weighted by atomic mass is 9.99. The van der Waals surface area contributed by atoms with Gasteiger partial charge in [0.05, 0.1) is 37.2 Å². The topological polar surface area (TPSA) is 87.3 Å². The molecule has 1 aromatic carbocycles. The average Bonchev–Trinajstić information content (AvgIpc) is 3.19. The number of aryl methyl sites for hydroxylation is 2. The molecule has 1 fully saturated rings. The van der Waals surface area contributed by atoms with E-state index in [0.717, 1.165) is 47.6 Å². The van der Waals surface area contributed by atoms with Crippen LogP contribution in [0.25, 0.3) is 11.0 Å². The standard InChI is InChI=1S/C23H29N7OS/c1-5-17-12-18(22(14-24)29-8-10-30(11-9-29)32(4)31)6-7-20(17)28(3)23-13-21-19(15-25-23)26-16-27(21)2/h6-7,12-13,15-16,22H,5,8-11H2,1-4H3. The molecule has 0 saturated carbocycles. The van der Waals surface area contributed by atoms with Crippen molar-refractivity contribution in [3.63, 3.8) is 0 Å². The Morgan fingerprint density at radius 1 is 1.22 bits per heavy atom. The summed E-state index contributed by atoms with van der Waals surface area (Å²) in [4.78, 5) is 13.2. The molecular weight excluding hydrogens is 422 g/mol. The second-order valence-corrected chi connectivity index (χ2v) is 9.47. The van der Waals surface area contributed by atoms with Crippen molar-refractivity contribution < 1.29 is 4.55 Å². The molecule has 0 spiro atoms. The number of nitriles is 1. The summed E-state index contributed by atoms with van der Waals surface area (Å²) in [5, 5.41) is 9.94. The van der Waals surface area contributed by atoms with Gasteiger partial charge in [-0.05, 0) is 23.6 Å². The van der Waals surface area contributed by atoms with E-state index in [0.29, 0.717) is 13.1 Å². The predicted octanol–water partition coefficient (Wildman–Crippen LogP) is 2.77. The van der Waals surface area contributed by atoms with Crippen LogP contribution in [0.5, 0.6) is 0 Å². The fourth-order valence-corrected chi connectivity index (χ4v) is 4.98. The van der Waals surface area contributed by atoms with Crippen molar-refractivity contribution in [2.75, 3.05) is 44.4 Å². The normalized spacial score (nSPS) is 17.2. The molecule has 3 heterocycles. The van der Waals surface area contributed by atoms with Gasteiger partial charge in [-0.2, -0.15) is 5.26 Å². The third-order valence-corrected chi connectivity index (χ3v) is 7.32. The molecular formula is C23H29N7OS. The Bertz CT molecular complexity index is 1130. The number of aromatic nitrogens is 3. The summed E-state index contributed by atoms with van der Waals surface area (Å²) in [5.41, 5.74) is 5.16. The van der Waals surface area contributed by atoms with Crippen molar-refractivity contribution in [1.82, 2.24) is 23.7 Å². The molecule has 1 aliphatic rings. The number of anilines is 2. The molecule has 1 saturated heterocycles. The Balaban J connectivity index is 1.59. The van der Waals surface area contributed by atoms with E-state index in [9.17, 15) is 9.81 Å². The number of rotatable bonds is 6. The van der Waals surface area contributed by atoms with Crippen LogP contribution in [0.15, 0.2) is 36.8 Å². The molecule has 32 heavy (non-hydrogen) atoms. The van der Waals surface area contributed by atoms with Crippen LogP contribution in [0.2, 0.25) is 0 Å². The molecule has 0 bridgehead atoms. The van der Waals surface area contributed by atoms with Gasteiger partial charge in [0.2, 0.25) is 0 Å². The Morgan fingerprint density at radius 2 is 1.97 bits per heavy atom. The number of imidazole rings is 1. The highest BCUT2D eigenvalue weighted by atomic mass is 32.2. The molecule has 8 nitrogen and oxygen atoms in total. The van der Waals surface area contributed by atoms with Gasteiger partial charge in [0, 0.05) is 50.3 Å². The molecule has 0 aliphatic carbocycles. The lowest BCUT2D eigenvalue weighted by molar-refractivity contribution is 0.163. The molecule has 0 N–H and O–H groups in total. The minimum Gasteiger partial charge on any atom is -0.598 e. The van der Waals surface area contributed by atoms with Crippen LogP contribution in [0, 0.1) is 11.3 Å². The Morgan fingerprint density at radius 3 is 2.62 bits per heavy atom. The van der Waals surface area contributed by atoms with Crippen LogP contribution in [-0.4, -0.2) is 67.8 Å². The molecule has 3 aromatic rings. The van der Waals surface area contributed by atoms with E-state index in [2.05, 4.69) is 44.9 Å². The number of fused-ring (bicyclic) bond motifs is 1. The van der Waals surface area contributed by atoms with Gasteiger partial charge in [0.25, 0.3) is 0 Å². The third kappa shape index (κ3) is 4.32. The maximum atomic E-state index is 11.7. The van der Waals surface area contributed by atoms with Crippen molar-refractivity contribution in [1.29, 1.82) is 5.26 Å². The largest absolute Gasteiger partial charge is 0.598 e. The lowest BCUT2D eigenvalue weighted by Gasteiger charge is -2.36. The highest BCUT2D eigenvalue weighted by Crippen LogP contribution is 2.32. The minimum atomic E-state index is -0.959. The number of nitrogens with zero attached hydrogens (tertiary/aromatic N) is 7. The zero-order chi connectivity index (χ0) is 22.8. The first-order chi connectivity index (χ1) is 15.4. The van der Waals surface area contributed by atoms with E-state index < -0.39 is 11.4 Å². The molecule has 2 aromatic heterocycles. The molecule has 2 unspecified atom stereocenters. The van der Waals surface area contributed by atoms with Crippen molar-refractivity contribution in [2.24, 2.45) is 7.05 Å². The summed E-state index contributed by atoms with van der Waals surface area (Å²) < 4.78 is 15.7. The smallest absolute Gasteiger partial charge is 0.134 e. The maximum Gasteiger partial charge on any atom is 0.134 e. The van der Waals surface area contributed by atoms with Gasteiger partial charge in [-0.15, -0.1) is 4.31 Å². The second kappa shape index (κ2) is 9.46. The van der Waals surface area contributed by atoms with Crippen LogP contribution >= 0.6 is 0 Å². The number of piperazine rings is 1. The minimum absolute atomic E-state index is 0.309. The quantitative estimate of drug-likeness (QED) is 0.533. The van der Waals surface area contributed by atoms with Gasteiger partial charge in [-0.3, -0.25) is 4.90 Å². The Hall–Kier alpha value is -2.64. The first-order valence-electron chi connectivity index (χ1n) is 10.8. The zero-order valence-corrected chi connectivity index (χ0v) is 19.8. The third-order valence-electron chi connectivity index (χ3n) is 6.23. The van der Waals surface area contributed by atoms with Gasteiger partial charge in [-0.1, -0.05) is 19.1 Å². The van der Waals surface area contributed by atoms with Crippen LogP contribution in [0.4, 0.5) is 11.5 Å². The second-order valence-electron chi connectivity index (χ2n) is 8.11. The van der Waals surface area contributed by atoms with Gasteiger partial charge in [0.15, 0.2) is 0 Å². The SMILES string of the molecule is CCc1cc(C(C#N)N2CCN([S+](C)[O-])CC2)ccc1N(C)c1cc2c(cn1)ncn2C. The highest BCUT2D eigenvalue weighted by molar-refractivity contribution is 7.88. The van der Waals surface area contributed by atoms with Crippen LogP contribution in [0.3, 0.4) is 0 Å². The van der Waals surface area contributed by atoms with Crippen molar-refractivity contribution in [2.45, 2.75) is 19.4 Å². The fourth-order valence-electron chi connectivity index (χ4n) is 4.30. The number of hydrogen-bond acceptors (Lipinski definition) is 7. The number of pyridine rings is 1. The van der Waals surface area contributed by atoms with Gasteiger partial charge in [-0.25, -0.2) is 9.97 Å². The molecule has 168 valence electrons. The summed E-state index contributed by atoms with van der Waals surface area (Å²) in [5.74, 6) is 0.851. The summed E-state index contributed by atoms with van der Waals surface area (Å²) in [6, 6.07) is 10.5. The molecule has 0 amide bonds. The highest BCUT2D eigenvalue weighted by Gasteiger charge is 2.29. The van der Waals surface area contributed by atoms with Crippen LogP contribution in [-0.2, 0) is 24.8 Å². The summed E-state index contributed by atoms with van der Waals surface area (Å²) in [7, 11) is 4.00. The first-order valence-corrected chi connectivity index (χ1v) is 12.3. The fraction of sp³-hybridized carbons (Fsp3) is 0.435. The zero-order valence-electron chi connectivity index (χ0n) is 19.0. The molecule has 4 rings (SSSR count). The Labute approximate surface area is 192 Å². The van der Waals surface area contributed by atoms with E-state index in [1.807, 2.05) is 35.1 Å². The Kier molecular flexibility index (Phi) is 6.67. The van der Waals surface area contributed by atoms with Crippen LogP contribution < -0.4 is 4.90 Å².